The Kier molecular flexibility index (Phi) is 1.65. The lowest BCUT2D eigenvalue weighted by atomic mass is 9.87. The van der Waals surface area contributed by atoms with E-state index in [0.29, 0.717) is 0 Å². The zero-order chi connectivity index (χ0) is 9.47. The van der Waals surface area contributed by atoms with E-state index < -0.39 is 0 Å². The van der Waals surface area contributed by atoms with E-state index in [1.807, 2.05) is 23.0 Å². The van der Waals surface area contributed by atoms with Gasteiger partial charge in [-0.15, -0.1) is 0 Å². The molecular formula is C11H14N2. The van der Waals surface area contributed by atoms with Crippen molar-refractivity contribution in [3.05, 3.63) is 36.2 Å². The Hall–Kier alpha value is -1.31. The van der Waals surface area contributed by atoms with Gasteiger partial charge in [0, 0.05) is 12.4 Å². The molecule has 0 aromatic carbocycles. The summed E-state index contributed by atoms with van der Waals surface area (Å²) in [6.45, 7) is 6.65. The van der Waals surface area contributed by atoms with Crippen LogP contribution in [0.5, 0.6) is 0 Å². The average Bonchev–Trinajstić information content (AvgIpc) is 2.48. The molecule has 13 heavy (non-hydrogen) atoms. The smallest absolute Gasteiger partial charge is 0.0683 e. The number of rotatable bonds is 0. The first-order valence-electron chi connectivity index (χ1n) is 4.52. The van der Waals surface area contributed by atoms with Gasteiger partial charge in [0.2, 0.25) is 0 Å². The van der Waals surface area contributed by atoms with Crippen molar-refractivity contribution in [1.82, 2.24) is 9.61 Å². The zero-order valence-electron chi connectivity index (χ0n) is 8.28. The van der Waals surface area contributed by atoms with Crippen molar-refractivity contribution in [2.45, 2.75) is 26.2 Å². The van der Waals surface area contributed by atoms with Gasteiger partial charge in [-0.2, -0.15) is 5.10 Å². The van der Waals surface area contributed by atoms with E-state index in [1.165, 1.54) is 11.1 Å². The number of hydrogen-bond donors (Lipinski definition) is 0. The second-order valence-corrected chi connectivity index (χ2v) is 4.33. The molecule has 2 aromatic rings. The molecule has 2 heterocycles. The molecule has 0 radical (unpaired) electrons. The van der Waals surface area contributed by atoms with E-state index in [-0.39, 0.29) is 5.41 Å². The lowest BCUT2D eigenvalue weighted by Crippen LogP contribution is -2.13. The van der Waals surface area contributed by atoms with Crippen molar-refractivity contribution in [2.75, 3.05) is 0 Å². The Bertz CT molecular complexity index is 421. The van der Waals surface area contributed by atoms with Crippen LogP contribution >= 0.6 is 0 Å². The van der Waals surface area contributed by atoms with Gasteiger partial charge in [-0.05, 0) is 29.2 Å². The highest BCUT2D eigenvalue weighted by Gasteiger charge is 2.16. The van der Waals surface area contributed by atoms with Gasteiger partial charge in [-0.3, -0.25) is 0 Å². The maximum atomic E-state index is 4.23. The van der Waals surface area contributed by atoms with E-state index in [0.717, 1.165) is 0 Å². The molecule has 0 N–H and O–H groups in total. The van der Waals surface area contributed by atoms with Crippen LogP contribution in [0.2, 0.25) is 0 Å². The molecule has 0 atom stereocenters. The van der Waals surface area contributed by atoms with Crippen LogP contribution in [0.3, 0.4) is 0 Å². The quantitative estimate of drug-likeness (QED) is 0.600. The van der Waals surface area contributed by atoms with E-state index in [9.17, 15) is 0 Å². The summed E-state index contributed by atoms with van der Waals surface area (Å²) in [5.41, 5.74) is 2.73. The lowest BCUT2D eigenvalue weighted by molar-refractivity contribution is 0.590. The van der Waals surface area contributed by atoms with E-state index in [2.05, 4.69) is 38.0 Å². The minimum absolute atomic E-state index is 0.183. The molecule has 68 valence electrons. The molecule has 0 saturated carbocycles. The van der Waals surface area contributed by atoms with Crippen molar-refractivity contribution in [3.8, 4) is 0 Å². The van der Waals surface area contributed by atoms with Crippen LogP contribution in [0.25, 0.3) is 5.52 Å². The molecular weight excluding hydrogens is 160 g/mol. The molecule has 0 fully saturated rings. The topological polar surface area (TPSA) is 17.3 Å². The second-order valence-electron chi connectivity index (χ2n) is 4.33. The normalized spacial score (nSPS) is 12.2. The first kappa shape index (κ1) is 8.30. The van der Waals surface area contributed by atoms with Gasteiger partial charge < -0.3 is 0 Å². The molecule has 0 aliphatic heterocycles. The zero-order valence-corrected chi connectivity index (χ0v) is 8.28. The Morgan fingerprint density at radius 3 is 2.69 bits per heavy atom. The summed E-state index contributed by atoms with van der Waals surface area (Å²) in [7, 11) is 0. The van der Waals surface area contributed by atoms with Crippen molar-refractivity contribution in [2.24, 2.45) is 0 Å². The van der Waals surface area contributed by atoms with Crippen molar-refractivity contribution in [1.29, 1.82) is 0 Å². The second kappa shape index (κ2) is 2.59. The third-order valence-electron chi connectivity index (χ3n) is 2.24. The summed E-state index contributed by atoms with van der Waals surface area (Å²) >= 11 is 0. The van der Waals surface area contributed by atoms with Gasteiger partial charge in [0.1, 0.15) is 0 Å². The monoisotopic (exact) mass is 174 g/mol. The Labute approximate surface area is 78.2 Å². The Morgan fingerprint density at radius 2 is 2.00 bits per heavy atom. The van der Waals surface area contributed by atoms with Crippen LogP contribution in [-0.2, 0) is 5.41 Å². The molecule has 0 bridgehead atoms. The van der Waals surface area contributed by atoms with Gasteiger partial charge in [-0.1, -0.05) is 20.8 Å². The molecule has 0 amide bonds. The van der Waals surface area contributed by atoms with Crippen LogP contribution in [0.15, 0.2) is 30.6 Å². The number of nitrogens with zero attached hydrogens (tertiary/aromatic N) is 2. The average molecular weight is 174 g/mol. The van der Waals surface area contributed by atoms with Crippen LogP contribution < -0.4 is 0 Å². The third-order valence-corrected chi connectivity index (χ3v) is 2.24. The van der Waals surface area contributed by atoms with Crippen molar-refractivity contribution >= 4 is 5.52 Å². The summed E-state index contributed by atoms with van der Waals surface area (Å²) in [5.74, 6) is 0. The molecule has 0 spiro atoms. The highest BCUT2D eigenvalue weighted by molar-refractivity contribution is 5.56. The standard InChI is InChI=1S/C11H14N2/c1-11(2,3)9-6-7-12-13-8-4-5-10(9)13/h4-8H,1-3H3. The maximum Gasteiger partial charge on any atom is 0.0683 e. The van der Waals surface area contributed by atoms with E-state index in [1.54, 1.807) is 0 Å². The Morgan fingerprint density at radius 1 is 1.23 bits per heavy atom. The van der Waals surface area contributed by atoms with E-state index >= 15 is 0 Å². The molecule has 0 saturated heterocycles. The minimum atomic E-state index is 0.183. The predicted octanol–water partition coefficient (Wildman–Crippen LogP) is 2.63. The fourth-order valence-electron chi connectivity index (χ4n) is 1.59. The first-order valence-corrected chi connectivity index (χ1v) is 4.52. The highest BCUT2D eigenvalue weighted by atomic mass is 15.2. The summed E-state index contributed by atoms with van der Waals surface area (Å²) in [4.78, 5) is 0. The number of fused-ring (bicyclic) bond motifs is 1. The van der Waals surface area contributed by atoms with Crippen LogP contribution in [0.4, 0.5) is 0 Å². The van der Waals surface area contributed by atoms with Gasteiger partial charge >= 0.3 is 0 Å². The summed E-state index contributed by atoms with van der Waals surface area (Å²) in [6, 6.07) is 6.22. The fourth-order valence-corrected chi connectivity index (χ4v) is 1.59. The Balaban J connectivity index is 2.75. The van der Waals surface area contributed by atoms with E-state index in [4.69, 9.17) is 0 Å². The van der Waals surface area contributed by atoms with Crippen LogP contribution in [0.1, 0.15) is 26.3 Å². The largest absolute Gasteiger partial charge is 0.241 e. The molecule has 0 aliphatic carbocycles. The molecule has 2 rings (SSSR count). The maximum absolute atomic E-state index is 4.23. The first-order chi connectivity index (χ1) is 6.09. The summed E-state index contributed by atoms with van der Waals surface area (Å²) in [5, 5.41) is 4.23. The SMILES string of the molecule is CC(C)(C)c1ccnn2cccc12. The molecule has 2 nitrogen and oxygen atoms in total. The van der Waals surface area contributed by atoms with Gasteiger partial charge in [0.25, 0.3) is 0 Å². The van der Waals surface area contributed by atoms with Gasteiger partial charge in [-0.25, -0.2) is 4.52 Å². The third kappa shape index (κ3) is 1.32. The predicted molar refractivity (Wildman–Crippen MR) is 53.9 cm³/mol. The van der Waals surface area contributed by atoms with Crippen molar-refractivity contribution in [3.63, 3.8) is 0 Å². The van der Waals surface area contributed by atoms with Crippen LogP contribution in [0, 0.1) is 0 Å². The van der Waals surface area contributed by atoms with Gasteiger partial charge in [0.15, 0.2) is 0 Å². The molecule has 2 aromatic heterocycles. The number of hydrogen-bond acceptors (Lipinski definition) is 1. The lowest BCUT2D eigenvalue weighted by Gasteiger charge is -2.19. The molecule has 0 unspecified atom stereocenters. The van der Waals surface area contributed by atoms with Crippen LogP contribution in [-0.4, -0.2) is 9.61 Å². The fraction of sp³-hybridized carbons (Fsp3) is 0.364. The molecule has 2 heteroatoms. The number of aromatic nitrogens is 2. The summed E-state index contributed by atoms with van der Waals surface area (Å²) in [6.07, 6.45) is 3.83. The summed E-state index contributed by atoms with van der Waals surface area (Å²) < 4.78 is 1.92. The minimum Gasteiger partial charge on any atom is -0.241 e. The van der Waals surface area contributed by atoms with Gasteiger partial charge in [0.05, 0.1) is 5.52 Å². The van der Waals surface area contributed by atoms with Crippen molar-refractivity contribution < 1.29 is 0 Å². The highest BCUT2D eigenvalue weighted by Crippen LogP contribution is 2.25. The molecule has 0 aliphatic rings.